The average molecular weight is 403 g/mol. The lowest BCUT2D eigenvalue weighted by molar-refractivity contribution is -0.147. The SMILES string of the molecule is COC(=O)C1CCC2CC2(C(=O)C(N)c2ccc(Br)cc2)C1.Cl. The van der Waals surface area contributed by atoms with Crippen molar-refractivity contribution in [2.45, 2.75) is 31.7 Å². The molecule has 3 rings (SSSR count). The Bertz CT molecular complexity index is 606. The topological polar surface area (TPSA) is 69.4 Å². The Hall–Kier alpha value is -0.910. The molecule has 0 aromatic heterocycles. The van der Waals surface area contributed by atoms with Gasteiger partial charge >= 0.3 is 5.97 Å². The van der Waals surface area contributed by atoms with Crippen molar-refractivity contribution in [1.29, 1.82) is 0 Å². The molecule has 2 aliphatic carbocycles. The van der Waals surface area contributed by atoms with E-state index in [1.54, 1.807) is 0 Å². The molecule has 2 aliphatic rings. The Kier molecular flexibility index (Phi) is 5.54. The van der Waals surface area contributed by atoms with E-state index in [1.165, 1.54) is 7.11 Å². The lowest BCUT2D eigenvalue weighted by Crippen LogP contribution is -2.36. The number of esters is 1. The van der Waals surface area contributed by atoms with E-state index in [4.69, 9.17) is 10.5 Å². The summed E-state index contributed by atoms with van der Waals surface area (Å²) in [5.41, 5.74) is 6.63. The summed E-state index contributed by atoms with van der Waals surface area (Å²) >= 11 is 3.38. The van der Waals surface area contributed by atoms with Crippen LogP contribution in [0.3, 0.4) is 0 Å². The van der Waals surface area contributed by atoms with Crippen LogP contribution >= 0.6 is 28.3 Å². The lowest BCUT2D eigenvalue weighted by Gasteiger charge is -2.28. The van der Waals surface area contributed by atoms with Gasteiger partial charge in [0.15, 0.2) is 5.78 Å². The van der Waals surface area contributed by atoms with Crippen molar-refractivity contribution in [3.63, 3.8) is 0 Å². The molecule has 2 N–H and O–H groups in total. The summed E-state index contributed by atoms with van der Waals surface area (Å²) in [6.07, 6.45) is 3.19. The molecule has 126 valence electrons. The van der Waals surface area contributed by atoms with Crippen LogP contribution in [0.4, 0.5) is 0 Å². The third-order valence-electron chi connectivity index (χ3n) is 5.24. The van der Waals surface area contributed by atoms with E-state index < -0.39 is 11.5 Å². The Morgan fingerprint density at radius 3 is 2.52 bits per heavy atom. The fourth-order valence-electron chi connectivity index (χ4n) is 3.85. The molecule has 6 heteroatoms. The molecule has 2 fully saturated rings. The number of fused-ring (bicyclic) bond motifs is 1. The second-order valence-electron chi connectivity index (χ2n) is 6.45. The van der Waals surface area contributed by atoms with Gasteiger partial charge in [-0.2, -0.15) is 0 Å². The van der Waals surface area contributed by atoms with Crippen LogP contribution in [0, 0.1) is 17.3 Å². The van der Waals surface area contributed by atoms with E-state index >= 15 is 0 Å². The zero-order valence-electron chi connectivity index (χ0n) is 13.0. The quantitative estimate of drug-likeness (QED) is 0.784. The maximum atomic E-state index is 12.9. The fraction of sp³-hybridized carbons (Fsp3) is 0.529. The number of hydrogen-bond acceptors (Lipinski definition) is 4. The lowest BCUT2D eigenvalue weighted by atomic mass is 9.76. The molecule has 0 spiro atoms. The summed E-state index contributed by atoms with van der Waals surface area (Å²) < 4.78 is 5.81. The van der Waals surface area contributed by atoms with Gasteiger partial charge in [-0.25, -0.2) is 0 Å². The number of carbonyl (C=O) groups excluding carboxylic acids is 2. The molecular weight excluding hydrogens is 382 g/mol. The highest BCUT2D eigenvalue weighted by atomic mass is 79.9. The summed E-state index contributed by atoms with van der Waals surface area (Å²) in [4.78, 5) is 24.7. The molecule has 23 heavy (non-hydrogen) atoms. The smallest absolute Gasteiger partial charge is 0.308 e. The van der Waals surface area contributed by atoms with Gasteiger partial charge in [0.05, 0.1) is 19.1 Å². The molecule has 0 bridgehead atoms. The number of ether oxygens (including phenoxy) is 1. The Morgan fingerprint density at radius 1 is 1.26 bits per heavy atom. The van der Waals surface area contributed by atoms with Crippen molar-refractivity contribution in [1.82, 2.24) is 0 Å². The molecule has 2 saturated carbocycles. The van der Waals surface area contributed by atoms with E-state index in [9.17, 15) is 9.59 Å². The normalized spacial score (nSPS) is 29.7. The van der Waals surface area contributed by atoms with Gasteiger partial charge < -0.3 is 10.5 Å². The van der Waals surface area contributed by atoms with E-state index in [1.807, 2.05) is 24.3 Å². The number of ketones is 1. The number of methoxy groups -OCH3 is 1. The van der Waals surface area contributed by atoms with Crippen LogP contribution in [0.2, 0.25) is 0 Å². The summed E-state index contributed by atoms with van der Waals surface area (Å²) in [5, 5.41) is 0. The first kappa shape index (κ1) is 18.4. The first-order valence-corrected chi connectivity index (χ1v) is 8.40. The molecule has 4 unspecified atom stereocenters. The predicted octanol–water partition coefficient (Wildman–Crippen LogP) is 3.42. The molecule has 0 aliphatic heterocycles. The number of hydrogen-bond donors (Lipinski definition) is 1. The largest absolute Gasteiger partial charge is 0.469 e. The van der Waals surface area contributed by atoms with Crippen molar-refractivity contribution in [2.75, 3.05) is 7.11 Å². The van der Waals surface area contributed by atoms with Crippen molar-refractivity contribution >= 4 is 40.1 Å². The first-order chi connectivity index (χ1) is 10.5. The molecule has 0 amide bonds. The highest BCUT2D eigenvalue weighted by molar-refractivity contribution is 9.10. The molecular formula is C17H21BrClNO3. The molecule has 1 aromatic rings. The van der Waals surface area contributed by atoms with Crippen LogP contribution in [-0.2, 0) is 14.3 Å². The van der Waals surface area contributed by atoms with Gasteiger partial charge in [-0.3, -0.25) is 9.59 Å². The Balaban J connectivity index is 0.00000192. The number of carbonyl (C=O) groups is 2. The third kappa shape index (κ3) is 3.32. The van der Waals surface area contributed by atoms with Crippen molar-refractivity contribution in [2.24, 2.45) is 23.0 Å². The second kappa shape index (κ2) is 6.91. The van der Waals surface area contributed by atoms with Crippen LogP contribution in [-0.4, -0.2) is 18.9 Å². The predicted molar refractivity (Wildman–Crippen MR) is 93.2 cm³/mol. The average Bonchev–Trinajstić information content (AvgIpc) is 3.28. The molecule has 0 saturated heterocycles. The molecule has 0 radical (unpaired) electrons. The maximum Gasteiger partial charge on any atom is 0.308 e. The second-order valence-corrected chi connectivity index (χ2v) is 7.37. The molecule has 4 atom stereocenters. The summed E-state index contributed by atoms with van der Waals surface area (Å²) in [5.74, 6) is 0.107. The first-order valence-electron chi connectivity index (χ1n) is 7.61. The Labute approximate surface area is 150 Å². The van der Waals surface area contributed by atoms with E-state index in [0.717, 1.165) is 29.3 Å². The zero-order chi connectivity index (χ0) is 15.9. The van der Waals surface area contributed by atoms with E-state index in [-0.39, 0.29) is 30.1 Å². The minimum atomic E-state index is -0.616. The maximum absolute atomic E-state index is 12.9. The number of halogens is 2. The summed E-state index contributed by atoms with van der Waals surface area (Å²) in [7, 11) is 1.41. The number of rotatable bonds is 4. The highest BCUT2D eigenvalue weighted by Gasteiger charge is 2.63. The van der Waals surface area contributed by atoms with Crippen LogP contribution in [0.1, 0.15) is 37.3 Å². The minimum Gasteiger partial charge on any atom is -0.469 e. The van der Waals surface area contributed by atoms with Crippen molar-refractivity contribution in [3.8, 4) is 0 Å². The monoisotopic (exact) mass is 401 g/mol. The number of Topliss-reactive ketones (excluding diaryl/α,β-unsaturated/α-hetero) is 1. The third-order valence-corrected chi connectivity index (χ3v) is 5.77. The van der Waals surface area contributed by atoms with Gasteiger partial charge in [-0.05, 0) is 49.3 Å². The molecule has 4 nitrogen and oxygen atoms in total. The van der Waals surface area contributed by atoms with E-state index in [2.05, 4.69) is 15.9 Å². The van der Waals surface area contributed by atoms with Gasteiger partial charge in [0.25, 0.3) is 0 Å². The van der Waals surface area contributed by atoms with Gasteiger partial charge in [0.1, 0.15) is 0 Å². The van der Waals surface area contributed by atoms with Crippen LogP contribution in [0.25, 0.3) is 0 Å². The van der Waals surface area contributed by atoms with Gasteiger partial charge in [0.2, 0.25) is 0 Å². The standard InChI is InChI=1S/C17H20BrNO3.ClH/c1-22-16(21)11-2-5-12-9-17(12,8-11)15(20)14(19)10-3-6-13(18)7-4-10;/h3-4,6-7,11-12,14H,2,5,8-9,19H2,1H3;1H. The summed E-state index contributed by atoms with van der Waals surface area (Å²) in [6.45, 7) is 0. The minimum absolute atomic E-state index is 0. The zero-order valence-corrected chi connectivity index (χ0v) is 15.4. The van der Waals surface area contributed by atoms with Gasteiger partial charge in [-0.1, -0.05) is 28.1 Å². The molecule has 1 aromatic carbocycles. The van der Waals surface area contributed by atoms with Crippen LogP contribution in [0.5, 0.6) is 0 Å². The van der Waals surface area contributed by atoms with Crippen LogP contribution < -0.4 is 5.73 Å². The Morgan fingerprint density at radius 2 is 1.91 bits per heavy atom. The summed E-state index contributed by atoms with van der Waals surface area (Å²) in [6, 6.07) is 6.92. The van der Waals surface area contributed by atoms with Gasteiger partial charge in [-0.15, -0.1) is 12.4 Å². The number of nitrogens with two attached hydrogens (primary N) is 1. The molecule has 0 heterocycles. The van der Waals surface area contributed by atoms with Crippen molar-refractivity contribution in [3.05, 3.63) is 34.3 Å². The van der Waals surface area contributed by atoms with Crippen molar-refractivity contribution < 1.29 is 14.3 Å². The highest BCUT2D eigenvalue weighted by Crippen LogP contribution is 2.64. The van der Waals surface area contributed by atoms with Crippen LogP contribution in [0.15, 0.2) is 28.7 Å². The van der Waals surface area contributed by atoms with Gasteiger partial charge in [0, 0.05) is 9.89 Å². The fourth-order valence-corrected chi connectivity index (χ4v) is 4.12. The number of benzene rings is 1. The van der Waals surface area contributed by atoms with E-state index in [0.29, 0.717) is 12.3 Å².